The number of urea groups is 1. The molecule has 0 saturated heterocycles. The summed E-state index contributed by atoms with van der Waals surface area (Å²) >= 11 is 5.49. The maximum Gasteiger partial charge on any atom is 0.319 e. The minimum Gasteiger partial charge on any atom is -0.361 e. The molecular formula is C12H16ClN5O2. The third-order valence-electron chi connectivity index (χ3n) is 2.77. The number of carbonyl (C=O) groups is 1. The average Bonchev–Trinajstić information content (AvgIpc) is 2.98. The number of nitrogens with one attached hydrogen (secondary N) is 2. The van der Waals surface area contributed by atoms with Crippen molar-refractivity contribution < 1.29 is 9.32 Å². The Morgan fingerprint density at radius 3 is 2.95 bits per heavy atom. The van der Waals surface area contributed by atoms with Crippen molar-refractivity contribution in [3.05, 3.63) is 29.4 Å². The van der Waals surface area contributed by atoms with E-state index in [1.165, 1.54) is 0 Å². The van der Waals surface area contributed by atoms with E-state index in [2.05, 4.69) is 20.9 Å². The third-order valence-corrected chi connectivity index (χ3v) is 2.96. The highest BCUT2D eigenvalue weighted by Gasteiger charge is 2.10. The fourth-order valence-corrected chi connectivity index (χ4v) is 1.83. The van der Waals surface area contributed by atoms with E-state index in [4.69, 9.17) is 16.1 Å². The van der Waals surface area contributed by atoms with Crippen molar-refractivity contribution in [3.63, 3.8) is 0 Å². The van der Waals surface area contributed by atoms with Crippen LogP contribution in [0.15, 0.2) is 16.9 Å². The first kappa shape index (κ1) is 14.4. The molecule has 0 aromatic carbocycles. The van der Waals surface area contributed by atoms with Gasteiger partial charge in [0.05, 0.1) is 24.1 Å². The van der Waals surface area contributed by atoms with Crippen LogP contribution in [0.5, 0.6) is 0 Å². The minimum absolute atomic E-state index is 0.303. The van der Waals surface area contributed by atoms with Gasteiger partial charge >= 0.3 is 6.03 Å². The minimum atomic E-state index is -0.303. The Bertz CT molecular complexity index is 573. The lowest BCUT2D eigenvalue weighted by Crippen LogP contribution is -2.30. The summed E-state index contributed by atoms with van der Waals surface area (Å²) in [4.78, 5) is 11.5. The van der Waals surface area contributed by atoms with E-state index >= 15 is 0 Å². The number of nitrogens with zero attached hydrogens (tertiary/aromatic N) is 3. The van der Waals surface area contributed by atoms with Gasteiger partial charge in [-0.25, -0.2) is 4.79 Å². The van der Waals surface area contributed by atoms with Crippen molar-refractivity contribution in [2.24, 2.45) is 0 Å². The summed E-state index contributed by atoms with van der Waals surface area (Å²) in [6, 6.07) is -0.303. The van der Waals surface area contributed by atoms with Crippen molar-refractivity contribution in [2.75, 3.05) is 17.7 Å². The summed E-state index contributed by atoms with van der Waals surface area (Å²) < 4.78 is 6.81. The standard InChI is InChI=1S/C12H16ClN5O2/c1-8-11(9(2)20-17-8)7-18-6-10(5-15-18)16-12(19)14-4-3-13/h5-6H,3-4,7H2,1-2H3,(H2,14,16,19). The molecule has 2 amide bonds. The first-order valence-electron chi connectivity index (χ1n) is 6.15. The lowest BCUT2D eigenvalue weighted by Gasteiger charge is -2.03. The molecule has 20 heavy (non-hydrogen) atoms. The van der Waals surface area contributed by atoms with Crippen LogP contribution in [0.4, 0.5) is 10.5 Å². The van der Waals surface area contributed by atoms with Gasteiger partial charge in [-0.05, 0) is 13.8 Å². The number of halogens is 1. The maximum absolute atomic E-state index is 11.5. The third kappa shape index (κ3) is 3.51. The van der Waals surface area contributed by atoms with Gasteiger partial charge in [-0.1, -0.05) is 5.16 Å². The van der Waals surface area contributed by atoms with E-state index < -0.39 is 0 Å². The SMILES string of the molecule is Cc1noc(C)c1Cn1cc(NC(=O)NCCCl)cn1. The van der Waals surface area contributed by atoms with Gasteiger partial charge in [0.1, 0.15) is 5.76 Å². The molecule has 0 radical (unpaired) electrons. The lowest BCUT2D eigenvalue weighted by atomic mass is 10.2. The maximum atomic E-state index is 11.5. The fourth-order valence-electron chi connectivity index (χ4n) is 1.74. The van der Waals surface area contributed by atoms with Crippen molar-refractivity contribution in [3.8, 4) is 0 Å². The van der Waals surface area contributed by atoms with E-state index in [0.717, 1.165) is 17.0 Å². The highest BCUT2D eigenvalue weighted by molar-refractivity contribution is 6.18. The summed E-state index contributed by atoms with van der Waals surface area (Å²) in [5.74, 6) is 1.14. The molecule has 8 heteroatoms. The molecule has 0 unspecified atom stereocenters. The Morgan fingerprint density at radius 2 is 2.30 bits per heavy atom. The van der Waals surface area contributed by atoms with E-state index in [1.807, 2.05) is 13.8 Å². The molecule has 0 atom stereocenters. The highest BCUT2D eigenvalue weighted by Crippen LogP contribution is 2.14. The molecular weight excluding hydrogens is 282 g/mol. The highest BCUT2D eigenvalue weighted by atomic mass is 35.5. The van der Waals surface area contributed by atoms with E-state index in [1.54, 1.807) is 17.1 Å². The number of aryl methyl sites for hydroxylation is 2. The van der Waals surface area contributed by atoms with Crippen LogP contribution in [0.1, 0.15) is 17.0 Å². The van der Waals surface area contributed by atoms with Gasteiger partial charge in [0.25, 0.3) is 0 Å². The molecule has 108 valence electrons. The molecule has 0 fully saturated rings. The Balaban J connectivity index is 1.97. The van der Waals surface area contributed by atoms with Crippen molar-refractivity contribution >= 4 is 23.3 Å². The zero-order chi connectivity index (χ0) is 14.5. The van der Waals surface area contributed by atoms with Crippen molar-refractivity contribution in [1.82, 2.24) is 20.3 Å². The zero-order valence-corrected chi connectivity index (χ0v) is 12.1. The number of hydrogen-bond acceptors (Lipinski definition) is 4. The monoisotopic (exact) mass is 297 g/mol. The number of anilines is 1. The molecule has 2 aromatic heterocycles. The normalized spacial score (nSPS) is 10.6. The van der Waals surface area contributed by atoms with Gasteiger partial charge < -0.3 is 15.2 Å². The number of rotatable bonds is 5. The van der Waals surface area contributed by atoms with Crippen LogP contribution >= 0.6 is 11.6 Å². The number of amides is 2. The fraction of sp³-hybridized carbons (Fsp3) is 0.417. The van der Waals surface area contributed by atoms with E-state index in [-0.39, 0.29) is 6.03 Å². The lowest BCUT2D eigenvalue weighted by molar-refractivity contribution is 0.252. The summed E-state index contributed by atoms with van der Waals surface area (Å²) in [5.41, 5.74) is 2.45. The number of aromatic nitrogens is 3. The quantitative estimate of drug-likeness (QED) is 0.825. The Labute approximate surface area is 121 Å². The number of carbonyl (C=O) groups excluding carboxylic acids is 1. The average molecular weight is 298 g/mol. The molecule has 7 nitrogen and oxygen atoms in total. The smallest absolute Gasteiger partial charge is 0.319 e. The van der Waals surface area contributed by atoms with Crippen LogP contribution in [0.25, 0.3) is 0 Å². The van der Waals surface area contributed by atoms with Crippen LogP contribution in [0, 0.1) is 13.8 Å². The second kappa shape index (κ2) is 6.42. The molecule has 0 aliphatic carbocycles. The number of hydrogen-bond donors (Lipinski definition) is 2. The van der Waals surface area contributed by atoms with Gasteiger partial charge in [0, 0.05) is 24.2 Å². The second-order valence-corrected chi connectivity index (χ2v) is 4.68. The summed E-state index contributed by atoms with van der Waals surface area (Å²) in [7, 11) is 0. The number of alkyl halides is 1. The van der Waals surface area contributed by atoms with E-state index in [9.17, 15) is 4.79 Å². The predicted molar refractivity (Wildman–Crippen MR) is 75.0 cm³/mol. The molecule has 0 bridgehead atoms. The molecule has 0 spiro atoms. The summed E-state index contributed by atoms with van der Waals surface area (Å²) in [5, 5.41) is 13.4. The van der Waals surface area contributed by atoms with Crippen molar-refractivity contribution in [1.29, 1.82) is 0 Å². The molecule has 2 aromatic rings. The van der Waals surface area contributed by atoms with Gasteiger partial charge in [0.2, 0.25) is 0 Å². The van der Waals surface area contributed by atoms with Crippen LogP contribution in [-0.2, 0) is 6.54 Å². The molecule has 2 rings (SSSR count). The van der Waals surface area contributed by atoms with Crippen LogP contribution in [0.3, 0.4) is 0 Å². The second-order valence-electron chi connectivity index (χ2n) is 4.30. The van der Waals surface area contributed by atoms with E-state index in [0.29, 0.717) is 24.7 Å². The Hall–Kier alpha value is -2.02. The van der Waals surface area contributed by atoms with Crippen molar-refractivity contribution in [2.45, 2.75) is 20.4 Å². The first-order chi connectivity index (χ1) is 9.60. The Morgan fingerprint density at radius 1 is 1.50 bits per heavy atom. The van der Waals surface area contributed by atoms with Crippen LogP contribution < -0.4 is 10.6 Å². The molecule has 0 aliphatic rings. The topological polar surface area (TPSA) is 85.0 Å². The molecule has 2 N–H and O–H groups in total. The largest absolute Gasteiger partial charge is 0.361 e. The molecule has 0 aliphatic heterocycles. The van der Waals surface area contributed by atoms with Gasteiger partial charge in [0.15, 0.2) is 0 Å². The molecule has 0 saturated carbocycles. The molecule has 2 heterocycles. The first-order valence-corrected chi connectivity index (χ1v) is 6.68. The van der Waals surface area contributed by atoms with Crippen LogP contribution in [0.2, 0.25) is 0 Å². The predicted octanol–water partition coefficient (Wildman–Crippen LogP) is 1.90. The summed E-state index contributed by atoms with van der Waals surface area (Å²) in [6.45, 7) is 4.71. The zero-order valence-electron chi connectivity index (χ0n) is 11.3. The Kier molecular flexibility index (Phi) is 4.62. The van der Waals surface area contributed by atoms with Gasteiger partial charge in [-0.15, -0.1) is 11.6 Å². The van der Waals surface area contributed by atoms with Gasteiger partial charge in [-0.3, -0.25) is 4.68 Å². The van der Waals surface area contributed by atoms with Crippen LogP contribution in [-0.4, -0.2) is 33.4 Å². The summed E-state index contributed by atoms with van der Waals surface area (Å²) in [6.07, 6.45) is 3.32. The van der Waals surface area contributed by atoms with Gasteiger partial charge in [-0.2, -0.15) is 5.10 Å².